The van der Waals surface area contributed by atoms with Gasteiger partial charge in [-0.3, -0.25) is 15.1 Å². The maximum Gasteiger partial charge on any atom is 0.323 e. The zero-order chi connectivity index (χ0) is 13.9. The van der Waals surface area contributed by atoms with Crippen LogP contribution in [-0.4, -0.2) is 28.7 Å². The number of hydrogen-bond donors (Lipinski definition) is 2. The van der Waals surface area contributed by atoms with Crippen LogP contribution in [-0.2, 0) is 11.3 Å². The van der Waals surface area contributed by atoms with Crippen molar-refractivity contribution in [1.82, 2.24) is 10.3 Å². The van der Waals surface area contributed by atoms with Gasteiger partial charge in [-0.05, 0) is 27.7 Å². The second-order valence-corrected chi connectivity index (χ2v) is 4.83. The van der Waals surface area contributed by atoms with Crippen molar-refractivity contribution in [2.24, 2.45) is 0 Å². The zero-order valence-electron chi connectivity index (χ0n) is 11.5. The van der Waals surface area contributed by atoms with Crippen molar-refractivity contribution in [3.05, 3.63) is 23.0 Å². The Morgan fingerprint density at radius 1 is 1.50 bits per heavy atom. The van der Waals surface area contributed by atoms with Crippen LogP contribution in [0.25, 0.3) is 0 Å². The molecule has 5 heteroatoms. The summed E-state index contributed by atoms with van der Waals surface area (Å²) in [7, 11) is 1.62. The third-order valence-electron chi connectivity index (χ3n) is 2.98. The highest BCUT2D eigenvalue weighted by atomic mass is 16.5. The summed E-state index contributed by atoms with van der Waals surface area (Å²) in [6.45, 7) is 7.48. The molecule has 0 fully saturated rings. The third-order valence-corrected chi connectivity index (χ3v) is 2.98. The van der Waals surface area contributed by atoms with Gasteiger partial charge in [0.25, 0.3) is 0 Å². The number of carboxylic acids is 1. The van der Waals surface area contributed by atoms with Gasteiger partial charge in [0, 0.05) is 23.9 Å². The highest BCUT2D eigenvalue weighted by Crippen LogP contribution is 2.24. The van der Waals surface area contributed by atoms with E-state index in [0.717, 1.165) is 22.6 Å². The molecule has 0 unspecified atom stereocenters. The van der Waals surface area contributed by atoms with E-state index in [-0.39, 0.29) is 0 Å². The molecule has 5 nitrogen and oxygen atoms in total. The van der Waals surface area contributed by atoms with Gasteiger partial charge < -0.3 is 9.84 Å². The van der Waals surface area contributed by atoms with Crippen molar-refractivity contribution in [3.63, 3.8) is 0 Å². The molecule has 0 aliphatic rings. The average molecular weight is 252 g/mol. The summed E-state index contributed by atoms with van der Waals surface area (Å²) in [4.78, 5) is 15.3. The highest BCUT2D eigenvalue weighted by Gasteiger charge is 2.26. The van der Waals surface area contributed by atoms with Crippen molar-refractivity contribution in [2.45, 2.75) is 39.8 Å². The maximum absolute atomic E-state index is 11.0. The summed E-state index contributed by atoms with van der Waals surface area (Å²) in [5, 5.41) is 12.0. The van der Waals surface area contributed by atoms with Gasteiger partial charge in [-0.2, -0.15) is 0 Å². The van der Waals surface area contributed by atoms with Crippen molar-refractivity contribution in [2.75, 3.05) is 7.11 Å². The Bertz CT molecular complexity index is 456. The van der Waals surface area contributed by atoms with Gasteiger partial charge in [0.15, 0.2) is 0 Å². The summed E-state index contributed by atoms with van der Waals surface area (Å²) < 4.78 is 5.31. The second kappa shape index (κ2) is 5.35. The number of carboxylic acid groups (broad SMARTS) is 1. The normalized spacial score (nSPS) is 11.4. The largest absolute Gasteiger partial charge is 0.496 e. The van der Waals surface area contributed by atoms with E-state index in [1.165, 1.54) is 0 Å². The van der Waals surface area contributed by atoms with E-state index in [1.807, 2.05) is 13.8 Å². The average Bonchev–Trinajstić information content (AvgIpc) is 2.28. The smallest absolute Gasteiger partial charge is 0.323 e. The number of carbonyl (C=O) groups is 1. The molecule has 1 rings (SSSR count). The minimum atomic E-state index is -0.980. The topological polar surface area (TPSA) is 71.5 Å². The molecule has 2 N–H and O–H groups in total. The minimum Gasteiger partial charge on any atom is -0.496 e. The Morgan fingerprint density at radius 2 is 2.11 bits per heavy atom. The van der Waals surface area contributed by atoms with Crippen LogP contribution in [0.3, 0.4) is 0 Å². The van der Waals surface area contributed by atoms with E-state index in [2.05, 4.69) is 10.3 Å². The van der Waals surface area contributed by atoms with Crippen LogP contribution in [0.15, 0.2) is 6.20 Å². The Morgan fingerprint density at radius 3 is 2.61 bits per heavy atom. The third kappa shape index (κ3) is 2.98. The molecular formula is C13H20N2O3. The lowest BCUT2D eigenvalue weighted by atomic mass is 10.1. The fourth-order valence-corrected chi connectivity index (χ4v) is 1.63. The molecule has 1 aromatic heterocycles. The number of aliphatic carboxylic acids is 1. The molecule has 0 saturated heterocycles. The molecule has 0 spiro atoms. The summed E-state index contributed by atoms with van der Waals surface area (Å²) in [6.07, 6.45) is 1.73. The highest BCUT2D eigenvalue weighted by molar-refractivity contribution is 5.77. The summed E-state index contributed by atoms with van der Waals surface area (Å²) >= 11 is 0. The van der Waals surface area contributed by atoms with Crippen LogP contribution in [0.5, 0.6) is 5.75 Å². The lowest BCUT2D eigenvalue weighted by molar-refractivity contribution is -0.143. The van der Waals surface area contributed by atoms with Crippen molar-refractivity contribution in [1.29, 1.82) is 0 Å². The molecule has 0 aliphatic heterocycles. The predicted molar refractivity (Wildman–Crippen MR) is 68.8 cm³/mol. The Balaban J connectivity index is 2.90. The lowest BCUT2D eigenvalue weighted by Crippen LogP contribution is -2.46. The molecule has 0 amide bonds. The number of nitrogens with zero attached hydrogens (tertiary/aromatic N) is 1. The van der Waals surface area contributed by atoms with Crippen LogP contribution in [0, 0.1) is 13.8 Å². The number of aryl methyl sites for hydroxylation is 1. The molecule has 1 aromatic rings. The van der Waals surface area contributed by atoms with E-state index < -0.39 is 11.5 Å². The van der Waals surface area contributed by atoms with Gasteiger partial charge in [0.2, 0.25) is 0 Å². The second-order valence-electron chi connectivity index (χ2n) is 4.83. The molecule has 0 bridgehead atoms. The van der Waals surface area contributed by atoms with Crippen LogP contribution >= 0.6 is 0 Å². The molecule has 0 saturated carbocycles. The first kappa shape index (κ1) is 14.4. The van der Waals surface area contributed by atoms with Gasteiger partial charge in [0.05, 0.1) is 12.8 Å². The molecule has 0 atom stereocenters. The molecule has 0 aliphatic carbocycles. The quantitative estimate of drug-likeness (QED) is 0.834. The molecular weight excluding hydrogens is 232 g/mol. The number of rotatable bonds is 5. The fourth-order valence-electron chi connectivity index (χ4n) is 1.63. The number of methoxy groups -OCH3 is 1. The van der Waals surface area contributed by atoms with Gasteiger partial charge >= 0.3 is 5.97 Å². The van der Waals surface area contributed by atoms with Crippen molar-refractivity contribution >= 4 is 5.97 Å². The molecule has 100 valence electrons. The fraction of sp³-hybridized carbons (Fsp3) is 0.538. The Labute approximate surface area is 107 Å². The molecule has 0 aromatic carbocycles. The first-order valence-corrected chi connectivity index (χ1v) is 5.77. The number of nitrogens with one attached hydrogen (secondary N) is 1. The number of pyridine rings is 1. The summed E-state index contributed by atoms with van der Waals surface area (Å²) in [6, 6.07) is 0. The van der Waals surface area contributed by atoms with Crippen molar-refractivity contribution in [3.8, 4) is 5.75 Å². The molecule has 18 heavy (non-hydrogen) atoms. The molecule has 0 radical (unpaired) electrons. The van der Waals surface area contributed by atoms with Crippen LogP contribution in [0.2, 0.25) is 0 Å². The van der Waals surface area contributed by atoms with E-state index in [1.54, 1.807) is 27.2 Å². The summed E-state index contributed by atoms with van der Waals surface area (Å²) in [5.74, 6) is -0.0887. The Hall–Kier alpha value is -1.62. The van der Waals surface area contributed by atoms with E-state index in [9.17, 15) is 4.79 Å². The number of aromatic nitrogens is 1. The van der Waals surface area contributed by atoms with Crippen LogP contribution < -0.4 is 10.1 Å². The standard InChI is InChI=1S/C13H20N2O3/c1-8-6-14-10(9(2)11(8)18-5)7-15-13(3,4)12(16)17/h6,15H,7H2,1-5H3,(H,16,17). The van der Waals surface area contributed by atoms with Gasteiger partial charge in [-0.1, -0.05) is 0 Å². The van der Waals surface area contributed by atoms with Crippen LogP contribution in [0.4, 0.5) is 0 Å². The van der Waals surface area contributed by atoms with E-state index >= 15 is 0 Å². The minimum absolute atomic E-state index is 0.391. The lowest BCUT2D eigenvalue weighted by Gasteiger charge is -2.21. The summed E-state index contributed by atoms with van der Waals surface area (Å²) in [5.41, 5.74) is 1.72. The SMILES string of the molecule is COc1c(C)cnc(CNC(C)(C)C(=O)O)c1C. The zero-order valence-corrected chi connectivity index (χ0v) is 11.5. The number of ether oxygens (including phenoxy) is 1. The monoisotopic (exact) mass is 252 g/mol. The first-order valence-electron chi connectivity index (χ1n) is 5.77. The van der Waals surface area contributed by atoms with Gasteiger partial charge in [0.1, 0.15) is 11.3 Å². The predicted octanol–water partition coefficient (Wildman–Crippen LogP) is 1.66. The van der Waals surface area contributed by atoms with Crippen molar-refractivity contribution < 1.29 is 14.6 Å². The Kier molecular flexibility index (Phi) is 4.29. The first-order chi connectivity index (χ1) is 8.29. The maximum atomic E-state index is 11.0. The molecule has 1 heterocycles. The van der Waals surface area contributed by atoms with Gasteiger partial charge in [-0.15, -0.1) is 0 Å². The van der Waals surface area contributed by atoms with Gasteiger partial charge in [-0.25, -0.2) is 0 Å². The van der Waals surface area contributed by atoms with E-state index in [0.29, 0.717) is 6.54 Å². The number of hydrogen-bond acceptors (Lipinski definition) is 4. The van der Waals surface area contributed by atoms with Crippen LogP contribution in [0.1, 0.15) is 30.7 Å². The van der Waals surface area contributed by atoms with E-state index in [4.69, 9.17) is 9.84 Å².